The zero-order chi connectivity index (χ0) is 27.0. The molecule has 5 rings (SSSR count). The van der Waals surface area contributed by atoms with E-state index in [1.165, 1.54) is 12.1 Å². The van der Waals surface area contributed by atoms with E-state index in [0.717, 1.165) is 25.0 Å². The van der Waals surface area contributed by atoms with Gasteiger partial charge in [0, 0.05) is 23.9 Å². The van der Waals surface area contributed by atoms with Gasteiger partial charge in [0.1, 0.15) is 16.4 Å². The topological polar surface area (TPSA) is 154 Å². The first-order valence-electron chi connectivity index (χ1n) is 12.3. The maximum Gasteiger partial charge on any atom is 0.319 e. The van der Waals surface area contributed by atoms with E-state index in [-0.39, 0.29) is 30.5 Å². The van der Waals surface area contributed by atoms with Crippen molar-refractivity contribution >= 4 is 27.4 Å². The summed E-state index contributed by atoms with van der Waals surface area (Å²) in [5.41, 5.74) is 0.886. The molecule has 0 atom stereocenters. The van der Waals surface area contributed by atoms with E-state index in [1.807, 2.05) is 0 Å². The van der Waals surface area contributed by atoms with Gasteiger partial charge in [-0.15, -0.1) is 0 Å². The number of aliphatic hydroxyl groups is 2. The predicted molar refractivity (Wildman–Crippen MR) is 139 cm³/mol. The number of hydrogen-bond donors (Lipinski definition) is 5. The quantitative estimate of drug-likeness (QED) is 0.246. The van der Waals surface area contributed by atoms with Crippen molar-refractivity contribution in [1.82, 2.24) is 15.3 Å². The molecule has 1 aromatic heterocycles. The standard InChI is InChI=1S/C26H28FN5O5S/c27-18-3-7-20(8-4-18)38(36,37)26(11-12-26)21-15-22(28-13-14-33)31-23(30-21)17-1-5-19(6-2-17)29-24(35)32-25(16-34)9-10-25/h1-8,15,33-34H,9-14,16H2,(H,28,30,31)(H2,29,32,35). The summed E-state index contributed by atoms with van der Waals surface area (Å²) in [5, 5.41) is 27.1. The average Bonchev–Trinajstić information content (AvgIpc) is 3.84. The molecule has 5 N–H and O–H groups in total. The summed E-state index contributed by atoms with van der Waals surface area (Å²) in [5.74, 6) is 0.112. The van der Waals surface area contributed by atoms with Crippen molar-refractivity contribution in [2.45, 2.75) is 40.9 Å². The van der Waals surface area contributed by atoms with Crippen molar-refractivity contribution in [2.24, 2.45) is 0 Å². The molecule has 2 amide bonds. The van der Waals surface area contributed by atoms with E-state index in [2.05, 4.69) is 25.9 Å². The highest BCUT2D eigenvalue weighted by Gasteiger charge is 2.58. The van der Waals surface area contributed by atoms with Crippen molar-refractivity contribution in [3.63, 3.8) is 0 Å². The lowest BCUT2D eigenvalue weighted by Crippen LogP contribution is -2.42. The van der Waals surface area contributed by atoms with Crippen molar-refractivity contribution in [1.29, 1.82) is 0 Å². The number of anilines is 2. The molecule has 2 saturated carbocycles. The predicted octanol–water partition coefficient (Wildman–Crippen LogP) is 2.80. The number of carbonyl (C=O) groups is 1. The van der Waals surface area contributed by atoms with Crippen LogP contribution < -0.4 is 16.0 Å². The summed E-state index contributed by atoms with van der Waals surface area (Å²) in [6.45, 7) is -0.0490. The molecule has 0 bridgehead atoms. The van der Waals surface area contributed by atoms with Crippen LogP contribution in [0.3, 0.4) is 0 Å². The molecule has 0 unspecified atom stereocenters. The third-order valence-corrected chi connectivity index (χ3v) is 9.43. The molecular weight excluding hydrogens is 513 g/mol. The molecular formula is C26H28FN5O5S. The summed E-state index contributed by atoms with van der Waals surface area (Å²) in [6, 6.07) is 12.7. The highest BCUT2D eigenvalue weighted by Crippen LogP contribution is 2.55. The van der Waals surface area contributed by atoms with Gasteiger partial charge in [-0.25, -0.2) is 27.6 Å². The normalized spacial score (nSPS) is 16.9. The van der Waals surface area contributed by atoms with Gasteiger partial charge in [0.2, 0.25) is 0 Å². The van der Waals surface area contributed by atoms with Crippen LogP contribution in [0, 0.1) is 5.82 Å². The maximum absolute atomic E-state index is 13.6. The first-order chi connectivity index (χ1) is 18.2. The SMILES string of the molecule is O=C(Nc1ccc(-c2nc(NCCO)cc(C3(S(=O)(=O)c4ccc(F)cc4)CC3)n2)cc1)NC1(CO)CC1. The molecule has 2 aliphatic carbocycles. The van der Waals surface area contributed by atoms with Crippen LogP contribution in [-0.4, -0.2) is 59.9 Å². The molecule has 12 heteroatoms. The second kappa shape index (κ2) is 9.93. The molecule has 200 valence electrons. The number of halogens is 1. The van der Waals surface area contributed by atoms with Crippen LogP contribution in [0.5, 0.6) is 0 Å². The van der Waals surface area contributed by atoms with Crippen molar-refractivity contribution in [3.8, 4) is 11.4 Å². The van der Waals surface area contributed by atoms with Crippen molar-refractivity contribution in [2.75, 3.05) is 30.4 Å². The van der Waals surface area contributed by atoms with E-state index in [9.17, 15) is 27.8 Å². The smallest absolute Gasteiger partial charge is 0.319 e. The van der Waals surface area contributed by atoms with Gasteiger partial charge in [-0.3, -0.25) is 0 Å². The number of benzene rings is 2. The van der Waals surface area contributed by atoms with Gasteiger partial charge in [0.05, 0.1) is 29.3 Å². The Bertz CT molecular complexity index is 1440. The van der Waals surface area contributed by atoms with E-state index in [0.29, 0.717) is 35.6 Å². The summed E-state index contributed by atoms with van der Waals surface area (Å²) in [6.07, 6.45) is 2.18. The fourth-order valence-electron chi connectivity index (χ4n) is 4.28. The Morgan fingerprint density at radius 2 is 1.66 bits per heavy atom. The minimum Gasteiger partial charge on any atom is -0.395 e. The Balaban J connectivity index is 1.43. The number of aliphatic hydroxyl groups excluding tert-OH is 2. The monoisotopic (exact) mass is 541 g/mol. The molecule has 38 heavy (non-hydrogen) atoms. The van der Waals surface area contributed by atoms with Crippen LogP contribution in [-0.2, 0) is 14.6 Å². The highest BCUT2D eigenvalue weighted by molar-refractivity contribution is 7.92. The van der Waals surface area contributed by atoms with Gasteiger partial charge in [-0.2, -0.15) is 0 Å². The molecule has 0 radical (unpaired) electrons. The van der Waals surface area contributed by atoms with Crippen molar-refractivity contribution in [3.05, 3.63) is 66.1 Å². The number of nitrogens with one attached hydrogen (secondary N) is 3. The maximum atomic E-state index is 13.6. The fourth-order valence-corrected chi connectivity index (χ4v) is 6.24. The molecule has 2 fully saturated rings. The van der Waals surface area contributed by atoms with E-state index >= 15 is 0 Å². The van der Waals surface area contributed by atoms with E-state index < -0.39 is 32.0 Å². The summed E-state index contributed by atoms with van der Waals surface area (Å²) in [4.78, 5) is 21.4. The molecule has 0 saturated heterocycles. The first kappa shape index (κ1) is 26.0. The number of carbonyl (C=O) groups excluding carboxylic acids is 1. The summed E-state index contributed by atoms with van der Waals surface area (Å²) in [7, 11) is -3.87. The van der Waals surface area contributed by atoms with Gasteiger partial charge in [0.25, 0.3) is 0 Å². The average molecular weight is 542 g/mol. The number of sulfone groups is 1. The largest absolute Gasteiger partial charge is 0.395 e. The Hall–Kier alpha value is -3.61. The Labute approximate surface area is 219 Å². The Morgan fingerprint density at radius 3 is 2.24 bits per heavy atom. The lowest BCUT2D eigenvalue weighted by atomic mass is 10.1. The number of nitrogens with zero attached hydrogens (tertiary/aromatic N) is 2. The Kier molecular flexibility index (Phi) is 6.80. The molecule has 1 heterocycles. The Morgan fingerprint density at radius 1 is 0.974 bits per heavy atom. The lowest BCUT2D eigenvalue weighted by Gasteiger charge is -2.18. The highest BCUT2D eigenvalue weighted by atomic mass is 32.2. The second-order valence-corrected chi connectivity index (χ2v) is 11.9. The minimum absolute atomic E-state index is 0.0179. The molecule has 0 spiro atoms. The van der Waals surface area contributed by atoms with Crippen LogP contribution >= 0.6 is 0 Å². The zero-order valence-electron chi connectivity index (χ0n) is 20.4. The summed E-state index contributed by atoms with van der Waals surface area (Å²) < 4.78 is 39.3. The van der Waals surface area contributed by atoms with Crippen LogP contribution in [0.25, 0.3) is 11.4 Å². The third-order valence-electron chi connectivity index (χ3n) is 6.89. The van der Waals surface area contributed by atoms with Crippen LogP contribution in [0.2, 0.25) is 0 Å². The fraction of sp³-hybridized carbons (Fsp3) is 0.346. The van der Waals surface area contributed by atoms with Gasteiger partial charge in [-0.1, -0.05) is 0 Å². The summed E-state index contributed by atoms with van der Waals surface area (Å²) >= 11 is 0. The number of amides is 2. The number of aromatic nitrogens is 2. The van der Waals surface area contributed by atoms with Gasteiger partial charge < -0.3 is 26.2 Å². The molecule has 3 aromatic rings. The van der Waals surface area contributed by atoms with Crippen LogP contribution in [0.1, 0.15) is 31.4 Å². The van der Waals surface area contributed by atoms with Crippen LogP contribution in [0.15, 0.2) is 59.5 Å². The number of hydrogen-bond acceptors (Lipinski definition) is 8. The van der Waals surface area contributed by atoms with Gasteiger partial charge >= 0.3 is 6.03 Å². The molecule has 10 nitrogen and oxygen atoms in total. The zero-order valence-corrected chi connectivity index (χ0v) is 21.3. The van der Waals surface area contributed by atoms with Crippen LogP contribution in [0.4, 0.5) is 20.7 Å². The number of urea groups is 1. The lowest BCUT2D eigenvalue weighted by molar-refractivity contribution is 0.217. The van der Waals surface area contributed by atoms with Gasteiger partial charge in [-0.05, 0) is 74.2 Å². The first-order valence-corrected chi connectivity index (χ1v) is 13.7. The van der Waals surface area contributed by atoms with E-state index in [4.69, 9.17) is 0 Å². The minimum atomic E-state index is -3.87. The van der Waals surface area contributed by atoms with E-state index in [1.54, 1.807) is 30.3 Å². The number of rotatable bonds is 10. The molecule has 2 aliphatic rings. The second-order valence-electron chi connectivity index (χ2n) is 9.66. The third kappa shape index (κ3) is 5.06. The molecule has 0 aliphatic heterocycles. The van der Waals surface area contributed by atoms with Gasteiger partial charge in [0.15, 0.2) is 15.7 Å². The molecule has 2 aromatic carbocycles. The van der Waals surface area contributed by atoms with Crippen molar-refractivity contribution < 1.29 is 27.8 Å².